The number of amides is 1. The van der Waals surface area contributed by atoms with Gasteiger partial charge in [-0.05, 0) is 41.8 Å². The lowest BCUT2D eigenvalue weighted by molar-refractivity contribution is -0.137. The Morgan fingerprint density at radius 3 is 2.57 bits per heavy atom. The Morgan fingerprint density at radius 2 is 1.93 bits per heavy atom. The number of hydrogen-bond donors (Lipinski definition) is 1. The molecule has 2 heterocycles. The van der Waals surface area contributed by atoms with Crippen LogP contribution in [0.2, 0.25) is 0 Å². The first-order valence-electron chi connectivity index (χ1n) is 7.69. The van der Waals surface area contributed by atoms with Crippen LogP contribution in [0, 0.1) is 0 Å². The van der Waals surface area contributed by atoms with Crippen molar-refractivity contribution in [2.24, 2.45) is 0 Å². The molecular formula is C18H12F3NO5S. The van der Waals surface area contributed by atoms with Gasteiger partial charge in [-0.3, -0.25) is 4.79 Å². The monoisotopic (exact) mass is 411 g/mol. The largest absolute Gasteiger partial charge is 0.465 e. The molecule has 0 spiro atoms. The second kappa shape index (κ2) is 7.77. The number of halogens is 3. The summed E-state index contributed by atoms with van der Waals surface area (Å²) in [5.41, 5.74) is -1.22. The molecule has 0 radical (unpaired) electrons. The minimum absolute atomic E-state index is 0.0866. The zero-order chi connectivity index (χ0) is 20.3. The van der Waals surface area contributed by atoms with Crippen molar-refractivity contribution in [2.75, 3.05) is 12.4 Å². The van der Waals surface area contributed by atoms with Gasteiger partial charge in [0.05, 0.1) is 24.6 Å². The number of methoxy groups -OCH3 is 1. The van der Waals surface area contributed by atoms with Crippen molar-refractivity contribution in [2.45, 2.75) is 6.18 Å². The fourth-order valence-corrected chi connectivity index (χ4v) is 2.96. The fraction of sp³-hybridized carbons (Fsp3) is 0.111. The van der Waals surface area contributed by atoms with E-state index in [1.807, 2.05) is 0 Å². The number of carbonyl (C=O) groups excluding carboxylic acids is 2. The van der Waals surface area contributed by atoms with E-state index in [0.717, 1.165) is 29.5 Å². The smallest absolute Gasteiger partial charge is 0.416 e. The Hall–Kier alpha value is -3.27. The first kappa shape index (κ1) is 19.5. The van der Waals surface area contributed by atoms with Gasteiger partial charge in [-0.15, -0.1) is 11.3 Å². The first-order chi connectivity index (χ1) is 13.3. The normalized spacial score (nSPS) is 11.1. The number of alkyl halides is 3. The van der Waals surface area contributed by atoms with Gasteiger partial charge >= 0.3 is 12.1 Å². The number of rotatable bonds is 5. The maximum Gasteiger partial charge on any atom is 0.416 e. The maximum absolute atomic E-state index is 13.1. The van der Waals surface area contributed by atoms with E-state index in [9.17, 15) is 22.8 Å². The molecule has 3 aromatic rings. The predicted octanol–water partition coefficient (Wildman–Crippen LogP) is 5.19. The molecule has 1 aromatic carbocycles. The van der Waals surface area contributed by atoms with Crippen molar-refractivity contribution >= 4 is 28.9 Å². The van der Waals surface area contributed by atoms with Gasteiger partial charge in [-0.25, -0.2) is 4.79 Å². The summed E-state index contributed by atoms with van der Waals surface area (Å²) >= 11 is 1.04. The van der Waals surface area contributed by atoms with Crippen LogP contribution < -0.4 is 10.1 Å². The van der Waals surface area contributed by atoms with Crippen molar-refractivity contribution < 1.29 is 36.7 Å². The summed E-state index contributed by atoms with van der Waals surface area (Å²) in [7, 11) is 1.19. The molecule has 3 rings (SSSR count). The maximum atomic E-state index is 13.1. The third-order valence-corrected chi connectivity index (χ3v) is 4.40. The minimum Gasteiger partial charge on any atom is -0.465 e. The summed E-state index contributed by atoms with van der Waals surface area (Å²) in [5, 5.41) is 3.89. The summed E-state index contributed by atoms with van der Waals surface area (Å²) in [6.07, 6.45) is -3.37. The van der Waals surface area contributed by atoms with Gasteiger partial charge < -0.3 is 19.2 Å². The molecule has 0 saturated heterocycles. The van der Waals surface area contributed by atoms with Crippen molar-refractivity contribution in [3.8, 4) is 11.5 Å². The molecule has 10 heteroatoms. The molecule has 146 valence electrons. The van der Waals surface area contributed by atoms with Crippen molar-refractivity contribution in [3.05, 3.63) is 64.2 Å². The predicted molar refractivity (Wildman–Crippen MR) is 93.8 cm³/mol. The molecule has 1 N–H and O–H groups in total. The second-order valence-corrected chi connectivity index (χ2v) is 6.26. The number of benzene rings is 1. The number of nitrogens with one attached hydrogen (secondary N) is 1. The van der Waals surface area contributed by atoms with E-state index in [0.29, 0.717) is 0 Å². The Kier molecular flexibility index (Phi) is 5.41. The number of thiophene rings is 1. The van der Waals surface area contributed by atoms with Gasteiger partial charge in [-0.1, -0.05) is 0 Å². The number of hydrogen-bond acceptors (Lipinski definition) is 6. The highest BCUT2D eigenvalue weighted by atomic mass is 32.1. The molecule has 0 saturated carbocycles. The fourth-order valence-electron chi connectivity index (χ4n) is 2.22. The molecule has 28 heavy (non-hydrogen) atoms. The molecular weight excluding hydrogens is 399 g/mol. The molecule has 0 atom stereocenters. The number of carbonyl (C=O) groups is 2. The average Bonchev–Trinajstić information content (AvgIpc) is 3.33. The van der Waals surface area contributed by atoms with Gasteiger partial charge in [0.2, 0.25) is 0 Å². The Labute approximate surface area is 160 Å². The van der Waals surface area contributed by atoms with Crippen LogP contribution in [0.4, 0.5) is 18.9 Å². The van der Waals surface area contributed by atoms with E-state index in [2.05, 4.69) is 10.1 Å². The topological polar surface area (TPSA) is 77.8 Å². The highest BCUT2D eigenvalue weighted by molar-refractivity contribution is 7.12. The number of furan rings is 1. The average molecular weight is 411 g/mol. The Balaban J connectivity index is 1.97. The van der Waals surface area contributed by atoms with Gasteiger partial charge in [0, 0.05) is 0 Å². The van der Waals surface area contributed by atoms with Crippen LogP contribution in [-0.2, 0) is 10.9 Å². The van der Waals surface area contributed by atoms with E-state index in [4.69, 9.17) is 9.15 Å². The Morgan fingerprint density at radius 1 is 1.14 bits per heavy atom. The molecule has 6 nitrogen and oxygen atoms in total. The van der Waals surface area contributed by atoms with Gasteiger partial charge in [0.1, 0.15) is 0 Å². The lowest BCUT2D eigenvalue weighted by atomic mass is 10.1. The van der Waals surface area contributed by atoms with Crippen LogP contribution in [0.1, 0.15) is 25.8 Å². The van der Waals surface area contributed by atoms with E-state index in [-0.39, 0.29) is 27.8 Å². The highest BCUT2D eigenvalue weighted by Gasteiger charge is 2.32. The number of esters is 1. The van der Waals surface area contributed by atoms with E-state index < -0.39 is 23.6 Å². The third kappa shape index (κ3) is 4.17. The SMILES string of the molecule is COC(=O)c1sccc1Oc1ccc(C(F)(F)F)cc1NC(=O)c1ccco1. The number of anilines is 1. The second-order valence-electron chi connectivity index (χ2n) is 5.35. The van der Waals surface area contributed by atoms with Gasteiger partial charge in [-0.2, -0.15) is 13.2 Å². The standard InChI is InChI=1S/C18H12F3NO5S/c1-25-17(24)15-13(6-8-28-15)27-12-5-4-10(18(19,20)21)9-11(12)22-16(23)14-3-2-7-26-14/h2-9H,1H3,(H,22,23). The molecule has 2 aromatic heterocycles. The zero-order valence-electron chi connectivity index (χ0n) is 14.2. The molecule has 0 bridgehead atoms. The van der Waals surface area contributed by atoms with Crippen LogP contribution in [0.3, 0.4) is 0 Å². The number of ether oxygens (including phenoxy) is 2. The summed E-state index contributed by atoms with van der Waals surface area (Å²) in [6, 6.07) is 6.89. The van der Waals surface area contributed by atoms with Crippen molar-refractivity contribution in [1.29, 1.82) is 0 Å². The van der Waals surface area contributed by atoms with Crippen molar-refractivity contribution in [3.63, 3.8) is 0 Å². The van der Waals surface area contributed by atoms with Gasteiger partial charge in [0.15, 0.2) is 22.1 Å². The minimum atomic E-state index is -4.62. The van der Waals surface area contributed by atoms with Crippen LogP contribution >= 0.6 is 11.3 Å². The van der Waals surface area contributed by atoms with E-state index >= 15 is 0 Å². The quantitative estimate of drug-likeness (QED) is 0.585. The van der Waals surface area contributed by atoms with Crippen LogP contribution in [0.15, 0.2) is 52.5 Å². The summed E-state index contributed by atoms with van der Waals surface area (Å²) in [4.78, 5) is 24.1. The third-order valence-electron chi connectivity index (χ3n) is 3.52. The summed E-state index contributed by atoms with van der Waals surface area (Å²) < 4.78 is 54.4. The Bertz CT molecular complexity index is 995. The van der Waals surface area contributed by atoms with Crippen LogP contribution in [0.5, 0.6) is 11.5 Å². The summed E-state index contributed by atoms with van der Waals surface area (Å²) in [6.45, 7) is 0. The van der Waals surface area contributed by atoms with Crippen LogP contribution in [0.25, 0.3) is 0 Å². The molecule has 0 unspecified atom stereocenters. The van der Waals surface area contributed by atoms with Gasteiger partial charge in [0.25, 0.3) is 5.91 Å². The highest BCUT2D eigenvalue weighted by Crippen LogP contribution is 2.38. The molecule has 1 amide bonds. The van der Waals surface area contributed by atoms with E-state index in [1.54, 1.807) is 5.38 Å². The molecule has 0 aliphatic heterocycles. The lowest BCUT2D eigenvalue weighted by Gasteiger charge is -2.15. The van der Waals surface area contributed by atoms with Crippen molar-refractivity contribution in [1.82, 2.24) is 0 Å². The van der Waals surface area contributed by atoms with Crippen LogP contribution in [-0.4, -0.2) is 19.0 Å². The van der Waals surface area contributed by atoms with E-state index in [1.165, 1.54) is 31.6 Å². The first-order valence-corrected chi connectivity index (χ1v) is 8.57. The molecule has 0 fully saturated rings. The molecule has 0 aliphatic carbocycles. The lowest BCUT2D eigenvalue weighted by Crippen LogP contribution is -2.13. The molecule has 0 aliphatic rings. The summed E-state index contributed by atoms with van der Waals surface area (Å²) in [5.74, 6) is -1.50. The zero-order valence-corrected chi connectivity index (χ0v) is 15.0.